The van der Waals surface area contributed by atoms with Crippen LogP contribution in [0.15, 0.2) is 54.6 Å². The molecule has 0 atom stereocenters. The quantitative estimate of drug-likeness (QED) is 0.438. The Balaban J connectivity index is 2.18. The normalized spacial score (nSPS) is 10.1. The number of carbonyl (C=O) groups excluding carboxylic acids is 2. The molecule has 0 bridgehead atoms. The van der Waals surface area contributed by atoms with E-state index < -0.39 is 10.9 Å². The summed E-state index contributed by atoms with van der Waals surface area (Å²) >= 11 is 0. The van der Waals surface area contributed by atoms with E-state index in [1.807, 2.05) is 30.3 Å². The lowest BCUT2D eigenvalue weighted by Crippen LogP contribution is -2.32. The van der Waals surface area contributed by atoms with Gasteiger partial charge >= 0.3 is 5.97 Å². The Labute approximate surface area is 145 Å². The molecule has 0 saturated carbocycles. The van der Waals surface area contributed by atoms with Crippen LogP contribution in [0.5, 0.6) is 0 Å². The number of hydrogen-bond donors (Lipinski definition) is 0. The van der Waals surface area contributed by atoms with Crippen molar-refractivity contribution >= 4 is 17.6 Å². The predicted molar refractivity (Wildman–Crippen MR) is 90.9 cm³/mol. The number of ether oxygens (including phenoxy) is 1. The van der Waals surface area contributed by atoms with Gasteiger partial charge in [0.2, 0.25) is 0 Å². The molecule has 25 heavy (non-hydrogen) atoms. The van der Waals surface area contributed by atoms with E-state index in [1.165, 1.54) is 36.3 Å². The smallest absolute Gasteiger partial charge is 0.307 e. The second-order valence-corrected chi connectivity index (χ2v) is 5.34. The number of benzene rings is 2. The second kappa shape index (κ2) is 8.58. The SMILES string of the molecule is COC(=O)CCN(Cc1ccccc1)C(=O)c1ccc([N+](=O)[O-])cc1. The summed E-state index contributed by atoms with van der Waals surface area (Å²) in [5.41, 5.74) is 1.16. The van der Waals surface area contributed by atoms with Crippen LogP contribution in [0.3, 0.4) is 0 Å². The third-order valence-electron chi connectivity index (χ3n) is 3.64. The fourth-order valence-corrected chi connectivity index (χ4v) is 2.29. The van der Waals surface area contributed by atoms with Gasteiger partial charge in [0.05, 0.1) is 18.5 Å². The fraction of sp³-hybridized carbons (Fsp3) is 0.222. The van der Waals surface area contributed by atoms with Crippen LogP contribution in [0.4, 0.5) is 5.69 Å². The van der Waals surface area contributed by atoms with E-state index >= 15 is 0 Å². The first-order valence-corrected chi connectivity index (χ1v) is 7.65. The zero-order valence-electron chi connectivity index (χ0n) is 13.8. The van der Waals surface area contributed by atoms with Crippen molar-refractivity contribution in [1.82, 2.24) is 4.90 Å². The summed E-state index contributed by atoms with van der Waals surface area (Å²) in [4.78, 5) is 35.9. The highest BCUT2D eigenvalue weighted by atomic mass is 16.6. The van der Waals surface area contributed by atoms with E-state index in [-0.39, 0.29) is 24.6 Å². The molecule has 0 heterocycles. The van der Waals surface area contributed by atoms with E-state index in [2.05, 4.69) is 4.74 Å². The first-order valence-electron chi connectivity index (χ1n) is 7.65. The van der Waals surface area contributed by atoms with Crippen molar-refractivity contribution in [3.63, 3.8) is 0 Å². The van der Waals surface area contributed by atoms with E-state index in [4.69, 9.17) is 0 Å². The van der Waals surface area contributed by atoms with Crippen molar-refractivity contribution in [2.75, 3.05) is 13.7 Å². The van der Waals surface area contributed by atoms with Crippen molar-refractivity contribution in [1.29, 1.82) is 0 Å². The van der Waals surface area contributed by atoms with Gasteiger partial charge in [-0.1, -0.05) is 30.3 Å². The number of rotatable bonds is 7. The third-order valence-corrected chi connectivity index (χ3v) is 3.64. The summed E-state index contributed by atoms with van der Waals surface area (Å²) in [5.74, 6) is -0.711. The molecular formula is C18H18N2O5. The van der Waals surface area contributed by atoms with Gasteiger partial charge in [-0.15, -0.1) is 0 Å². The van der Waals surface area contributed by atoms with Gasteiger partial charge < -0.3 is 9.64 Å². The summed E-state index contributed by atoms with van der Waals surface area (Å²) in [6.45, 7) is 0.519. The van der Waals surface area contributed by atoms with E-state index in [0.29, 0.717) is 12.1 Å². The van der Waals surface area contributed by atoms with E-state index in [9.17, 15) is 19.7 Å². The lowest BCUT2D eigenvalue weighted by atomic mass is 10.1. The number of nitro benzene ring substituents is 1. The lowest BCUT2D eigenvalue weighted by Gasteiger charge is -2.22. The van der Waals surface area contributed by atoms with Crippen molar-refractivity contribution in [3.05, 3.63) is 75.8 Å². The Morgan fingerprint density at radius 1 is 1.08 bits per heavy atom. The zero-order chi connectivity index (χ0) is 18.2. The lowest BCUT2D eigenvalue weighted by molar-refractivity contribution is -0.384. The van der Waals surface area contributed by atoms with E-state index in [0.717, 1.165) is 5.56 Å². The Morgan fingerprint density at radius 2 is 1.72 bits per heavy atom. The minimum atomic E-state index is -0.521. The molecule has 0 aliphatic rings. The molecule has 0 radical (unpaired) electrons. The van der Waals surface area contributed by atoms with Crippen LogP contribution in [0.1, 0.15) is 22.3 Å². The first-order chi connectivity index (χ1) is 12.0. The first kappa shape index (κ1) is 18.1. The predicted octanol–water partition coefficient (Wildman–Crippen LogP) is 2.80. The standard InChI is InChI=1S/C18H18N2O5/c1-25-17(21)11-12-19(13-14-5-3-2-4-6-14)18(22)15-7-9-16(10-8-15)20(23)24/h2-10H,11-13H2,1H3. The average molecular weight is 342 g/mol. The maximum Gasteiger partial charge on any atom is 0.307 e. The number of hydrogen-bond acceptors (Lipinski definition) is 5. The second-order valence-electron chi connectivity index (χ2n) is 5.34. The molecule has 0 spiro atoms. The Bertz CT molecular complexity index is 744. The van der Waals surface area contributed by atoms with Crippen LogP contribution < -0.4 is 0 Å². The minimum Gasteiger partial charge on any atom is -0.469 e. The molecule has 2 aromatic carbocycles. The maximum atomic E-state index is 12.7. The Morgan fingerprint density at radius 3 is 2.28 bits per heavy atom. The number of carbonyl (C=O) groups is 2. The highest BCUT2D eigenvalue weighted by Gasteiger charge is 2.18. The van der Waals surface area contributed by atoms with Crippen LogP contribution in [0.25, 0.3) is 0 Å². The largest absolute Gasteiger partial charge is 0.469 e. The van der Waals surface area contributed by atoms with E-state index in [1.54, 1.807) is 0 Å². The summed E-state index contributed by atoms with van der Waals surface area (Å²) in [6.07, 6.45) is 0.0715. The highest BCUT2D eigenvalue weighted by Crippen LogP contribution is 2.15. The molecule has 2 aromatic rings. The summed E-state index contributed by atoms with van der Waals surface area (Å²) in [6, 6.07) is 14.8. The molecule has 0 unspecified atom stereocenters. The van der Waals surface area contributed by atoms with Gasteiger partial charge in [0, 0.05) is 30.8 Å². The van der Waals surface area contributed by atoms with Crippen LogP contribution in [-0.4, -0.2) is 35.4 Å². The number of amides is 1. The number of nitro groups is 1. The Hall–Kier alpha value is -3.22. The molecule has 0 N–H and O–H groups in total. The minimum absolute atomic E-state index is 0.0715. The van der Waals surface area contributed by atoms with Crippen LogP contribution in [0.2, 0.25) is 0 Å². The fourth-order valence-electron chi connectivity index (χ4n) is 2.29. The molecule has 1 amide bonds. The molecule has 0 aromatic heterocycles. The van der Waals surface area contributed by atoms with Gasteiger partial charge in [-0.25, -0.2) is 0 Å². The van der Waals surface area contributed by atoms with Crippen molar-refractivity contribution in [3.8, 4) is 0 Å². The molecule has 0 aliphatic heterocycles. The molecule has 7 heteroatoms. The van der Waals surface area contributed by atoms with Crippen LogP contribution in [-0.2, 0) is 16.1 Å². The molecule has 0 fully saturated rings. The molecule has 7 nitrogen and oxygen atoms in total. The average Bonchev–Trinajstić information content (AvgIpc) is 2.65. The van der Waals surface area contributed by atoms with Gasteiger partial charge in [0.1, 0.15) is 0 Å². The third kappa shape index (κ3) is 5.13. The van der Waals surface area contributed by atoms with Gasteiger partial charge in [-0.2, -0.15) is 0 Å². The van der Waals surface area contributed by atoms with Gasteiger partial charge in [0.15, 0.2) is 0 Å². The zero-order valence-corrected chi connectivity index (χ0v) is 13.8. The summed E-state index contributed by atoms with van der Waals surface area (Å²) in [7, 11) is 1.29. The molecular weight excluding hydrogens is 324 g/mol. The summed E-state index contributed by atoms with van der Waals surface area (Å²) in [5, 5.41) is 10.7. The van der Waals surface area contributed by atoms with Crippen molar-refractivity contribution < 1.29 is 19.2 Å². The van der Waals surface area contributed by atoms with Gasteiger partial charge in [-0.3, -0.25) is 19.7 Å². The Kier molecular flexibility index (Phi) is 6.22. The maximum absolute atomic E-state index is 12.7. The topological polar surface area (TPSA) is 89.8 Å². The van der Waals surface area contributed by atoms with Gasteiger partial charge in [0.25, 0.3) is 11.6 Å². The van der Waals surface area contributed by atoms with Crippen LogP contribution in [0, 0.1) is 10.1 Å². The summed E-state index contributed by atoms with van der Waals surface area (Å²) < 4.78 is 4.63. The highest BCUT2D eigenvalue weighted by molar-refractivity contribution is 5.94. The van der Waals surface area contributed by atoms with Crippen molar-refractivity contribution in [2.45, 2.75) is 13.0 Å². The number of non-ortho nitro benzene ring substituents is 1. The number of nitrogens with zero attached hydrogens (tertiary/aromatic N) is 2. The number of methoxy groups -OCH3 is 1. The number of esters is 1. The molecule has 0 saturated heterocycles. The molecule has 0 aliphatic carbocycles. The molecule has 2 rings (SSSR count). The van der Waals surface area contributed by atoms with Gasteiger partial charge in [-0.05, 0) is 17.7 Å². The monoisotopic (exact) mass is 342 g/mol. The van der Waals surface area contributed by atoms with Crippen molar-refractivity contribution in [2.24, 2.45) is 0 Å². The molecule has 130 valence electrons. The van der Waals surface area contributed by atoms with Crippen LogP contribution >= 0.6 is 0 Å².